The summed E-state index contributed by atoms with van der Waals surface area (Å²) in [6, 6.07) is 9.52. The Labute approximate surface area is 106 Å². The van der Waals surface area contributed by atoms with Gasteiger partial charge in [-0.1, -0.05) is 30.3 Å². The first-order chi connectivity index (χ1) is 8.59. The van der Waals surface area contributed by atoms with Gasteiger partial charge in [0, 0.05) is 0 Å². The van der Waals surface area contributed by atoms with Crippen LogP contribution in [0.1, 0.15) is 12.5 Å². The second kappa shape index (κ2) is 5.77. The number of benzene rings is 1. The molecule has 5 nitrogen and oxygen atoms in total. The minimum Gasteiger partial charge on any atom is -0.387 e. The van der Waals surface area contributed by atoms with E-state index in [0.29, 0.717) is 6.61 Å². The number of ether oxygens (including phenoxy) is 2. The summed E-state index contributed by atoms with van der Waals surface area (Å²) in [5.41, 5.74) is 0.970. The molecule has 1 aliphatic heterocycles. The van der Waals surface area contributed by atoms with Gasteiger partial charge in [0.15, 0.2) is 6.29 Å². The molecule has 0 aliphatic carbocycles. The lowest BCUT2D eigenvalue weighted by Gasteiger charge is -2.39. The van der Waals surface area contributed by atoms with Crippen LogP contribution in [0.3, 0.4) is 0 Å². The highest BCUT2D eigenvalue weighted by molar-refractivity contribution is 5.13. The maximum atomic E-state index is 9.84. The van der Waals surface area contributed by atoms with Crippen LogP contribution in [0, 0.1) is 0 Å². The topological polar surface area (TPSA) is 79.2 Å². The molecule has 0 amide bonds. The van der Waals surface area contributed by atoms with Crippen molar-refractivity contribution in [3.63, 3.8) is 0 Å². The first-order valence-corrected chi connectivity index (χ1v) is 5.95. The second-order valence-electron chi connectivity index (χ2n) is 4.47. The molecule has 0 saturated carbocycles. The van der Waals surface area contributed by atoms with Crippen molar-refractivity contribution in [2.24, 2.45) is 0 Å². The third-order valence-electron chi connectivity index (χ3n) is 3.08. The van der Waals surface area contributed by atoms with E-state index in [1.807, 2.05) is 30.3 Å². The number of aliphatic hydroxyl groups excluding tert-OH is 3. The first-order valence-electron chi connectivity index (χ1n) is 5.95. The standard InChI is InChI=1S/C13H18O5/c1-8-12(10(14)11(15)13(16)18-8)17-7-9-5-3-2-4-6-9/h2-6,8,10-16H,7H2,1H3/t8-,10+,11+,12+,13-/m1/s1. The molecule has 18 heavy (non-hydrogen) atoms. The van der Waals surface area contributed by atoms with E-state index >= 15 is 0 Å². The van der Waals surface area contributed by atoms with Crippen LogP contribution >= 0.6 is 0 Å². The minimum absolute atomic E-state index is 0.319. The molecule has 5 heteroatoms. The molecular weight excluding hydrogens is 236 g/mol. The molecule has 1 aromatic rings. The second-order valence-corrected chi connectivity index (χ2v) is 4.47. The smallest absolute Gasteiger partial charge is 0.183 e. The van der Waals surface area contributed by atoms with Gasteiger partial charge < -0.3 is 24.8 Å². The lowest BCUT2D eigenvalue weighted by atomic mass is 10.00. The molecule has 1 aromatic carbocycles. The molecule has 0 bridgehead atoms. The molecule has 100 valence electrons. The molecule has 0 spiro atoms. The van der Waals surface area contributed by atoms with E-state index in [9.17, 15) is 15.3 Å². The highest BCUT2D eigenvalue weighted by Crippen LogP contribution is 2.23. The van der Waals surface area contributed by atoms with Gasteiger partial charge in [-0.2, -0.15) is 0 Å². The molecular formula is C13H18O5. The predicted molar refractivity (Wildman–Crippen MR) is 63.6 cm³/mol. The molecule has 3 N–H and O–H groups in total. The normalized spacial score (nSPS) is 36.6. The van der Waals surface area contributed by atoms with Crippen LogP contribution in [0.15, 0.2) is 30.3 Å². The van der Waals surface area contributed by atoms with E-state index in [-0.39, 0.29) is 0 Å². The lowest BCUT2D eigenvalue weighted by Crippen LogP contribution is -2.57. The van der Waals surface area contributed by atoms with E-state index in [4.69, 9.17) is 9.47 Å². The molecule has 1 saturated heterocycles. The number of rotatable bonds is 3. The number of hydrogen-bond donors (Lipinski definition) is 3. The fourth-order valence-electron chi connectivity index (χ4n) is 2.02. The largest absolute Gasteiger partial charge is 0.387 e. The van der Waals surface area contributed by atoms with Crippen LogP contribution in [-0.4, -0.2) is 46.0 Å². The molecule has 2 rings (SSSR count). The Kier molecular flexibility index (Phi) is 4.31. The highest BCUT2D eigenvalue weighted by Gasteiger charge is 2.42. The zero-order chi connectivity index (χ0) is 13.1. The van der Waals surface area contributed by atoms with Gasteiger partial charge >= 0.3 is 0 Å². The lowest BCUT2D eigenvalue weighted by molar-refractivity contribution is -0.287. The summed E-state index contributed by atoms with van der Waals surface area (Å²) in [7, 11) is 0. The summed E-state index contributed by atoms with van der Waals surface area (Å²) in [6.45, 7) is 2.01. The summed E-state index contributed by atoms with van der Waals surface area (Å²) < 4.78 is 10.7. The SMILES string of the molecule is C[C@H]1O[C@@H](O)[C@@H](O)[C@H](O)[C@H]1OCc1ccccc1. The van der Waals surface area contributed by atoms with Gasteiger partial charge in [0.2, 0.25) is 0 Å². The number of aliphatic hydroxyl groups is 3. The summed E-state index contributed by atoms with van der Waals surface area (Å²) in [6.07, 6.45) is -5.02. The summed E-state index contributed by atoms with van der Waals surface area (Å²) in [5, 5.41) is 28.7. The van der Waals surface area contributed by atoms with Gasteiger partial charge in [-0.25, -0.2) is 0 Å². The zero-order valence-corrected chi connectivity index (χ0v) is 10.1. The molecule has 1 fully saturated rings. The molecule has 0 aromatic heterocycles. The Balaban J connectivity index is 1.96. The van der Waals surface area contributed by atoms with Gasteiger partial charge in [-0.3, -0.25) is 0 Å². The molecule has 1 aliphatic rings. The summed E-state index contributed by atoms with van der Waals surface area (Å²) in [4.78, 5) is 0. The Bertz CT molecular complexity index is 369. The molecule has 1 heterocycles. The summed E-state index contributed by atoms with van der Waals surface area (Å²) in [5.74, 6) is 0. The quantitative estimate of drug-likeness (QED) is 0.709. The van der Waals surface area contributed by atoms with Gasteiger partial charge in [0.05, 0.1) is 12.7 Å². The Morgan fingerprint density at radius 2 is 1.78 bits per heavy atom. The van der Waals surface area contributed by atoms with Crippen molar-refractivity contribution in [1.82, 2.24) is 0 Å². The number of hydrogen-bond acceptors (Lipinski definition) is 5. The van der Waals surface area contributed by atoms with E-state index < -0.39 is 30.7 Å². The Morgan fingerprint density at radius 3 is 2.44 bits per heavy atom. The van der Waals surface area contributed by atoms with Crippen molar-refractivity contribution in [3.8, 4) is 0 Å². The van der Waals surface area contributed by atoms with Crippen molar-refractivity contribution in [1.29, 1.82) is 0 Å². The predicted octanol–water partition coefficient (Wildman–Crippen LogP) is 0.0307. The van der Waals surface area contributed by atoms with Crippen molar-refractivity contribution in [2.45, 2.75) is 44.2 Å². The maximum Gasteiger partial charge on any atom is 0.183 e. The third-order valence-corrected chi connectivity index (χ3v) is 3.08. The van der Waals surface area contributed by atoms with E-state index in [1.54, 1.807) is 6.92 Å². The van der Waals surface area contributed by atoms with Gasteiger partial charge in [-0.05, 0) is 12.5 Å². The van der Waals surface area contributed by atoms with Crippen molar-refractivity contribution in [3.05, 3.63) is 35.9 Å². The van der Waals surface area contributed by atoms with Crippen LogP contribution in [0.4, 0.5) is 0 Å². The molecule has 0 radical (unpaired) electrons. The average molecular weight is 254 g/mol. The maximum absolute atomic E-state index is 9.84. The minimum atomic E-state index is -1.37. The fourth-order valence-corrected chi connectivity index (χ4v) is 2.02. The van der Waals surface area contributed by atoms with Crippen molar-refractivity contribution in [2.75, 3.05) is 0 Å². The van der Waals surface area contributed by atoms with E-state index in [0.717, 1.165) is 5.56 Å². The Hall–Kier alpha value is -0.980. The average Bonchev–Trinajstić information content (AvgIpc) is 2.37. The van der Waals surface area contributed by atoms with Gasteiger partial charge in [0.1, 0.15) is 18.3 Å². The van der Waals surface area contributed by atoms with Crippen molar-refractivity contribution < 1.29 is 24.8 Å². The monoisotopic (exact) mass is 254 g/mol. The first kappa shape index (κ1) is 13.5. The van der Waals surface area contributed by atoms with Crippen LogP contribution in [0.2, 0.25) is 0 Å². The van der Waals surface area contributed by atoms with Crippen LogP contribution < -0.4 is 0 Å². The van der Waals surface area contributed by atoms with E-state index in [1.165, 1.54) is 0 Å². The fraction of sp³-hybridized carbons (Fsp3) is 0.538. The van der Waals surface area contributed by atoms with Crippen molar-refractivity contribution >= 4 is 0 Å². The van der Waals surface area contributed by atoms with E-state index in [2.05, 4.69) is 0 Å². The van der Waals surface area contributed by atoms with Crippen LogP contribution in [-0.2, 0) is 16.1 Å². The highest BCUT2D eigenvalue weighted by atomic mass is 16.6. The molecule has 5 atom stereocenters. The van der Waals surface area contributed by atoms with Crippen LogP contribution in [0.5, 0.6) is 0 Å². The third kappa shape index (κ3) is 2.88. The Morgan fingerprint density at radius 1 is 1.11 bits per heavy atom. The van der Waals surface area contributed by atoms with Gasteiger partial charge in [0.25, 0.3) is 0 Å². The van der Waals surface area contributed by atoms with Crippen LogP contribution in [0.25, 0.3) is 0 Å². The molecule has 0 unspecified atom stereocenters. The van der Waals surface area contributed by atoms with Gasteiger partial charge in [-0.15, -0.1) is 0 Å². The summed E-state index contributed by atoms with van der Waals surface area (Å²) >= 11 is 0. The zero-order valence-electron chi connectivity index (χ0n) is 10.1.